The maximum atomic E-state index is 11.7. The summed E-state index contributed by atoms with van der Waals surface area (Å²) in [6.07, 6.45) is 1.20. The molecule has 0 radical (unpaired) electrons. The highest BCUT2D eigenvalue weighted by atomic mass is 32.2. The van der Waals surface area contributed by atoms with E-state index in [-0.39, 0.29) is 24.6 Å². The summed E-state index contributed by atoms with van der Waals surface area (Å²) < 4.78 is 29.9. The van der Waals surface area contributed by atoms with E-state index >= 15 is 0 Å². The van der Waals surface area contributed by atoms with Gasteiger partial charge in [-0.05, 0) is 28.8 Å². The van der Waals surface area contributed by atoms with Gasteiger partial charge in [-0.3, -0.25) is 0 Å². The van der Waals surface area contributed by atoms with Crippen molar-refractivity contribution in [3.05, 3.63) is 54.1 Å². The van der Waals surface area contributed by atoms with Gasteiger partial charge in [0, 0.05) is 31.6 Å². The average molecular weight is 391 g/mol. The monoisotopic (exact) mass is 390 g/mol. The number of nitrogens with one attached hydrogen (secondary N) is 1. The van der Waals surface area contributed by atoms with E-state index in [1.54, 1.807) is 14.2 Å². The molecule has 3 atom stereocenters. The van der Waals surface area contributed by atoms with Crippen molar-refractivity contribution in [3.8, 4) is 16.9 Å². The van der Waals surface area contributed by atoms with Crippen LogP contribution in [0.25, 0.3) is 11.1 Å². The number of methoxy groups -OCH3 is 1. The molecule has 2 aromatic rings. The first-order chi connectivity index (χ1) is 12.8. The molecule has 6 nitrogen and oxygen atoms in total. The fourth-order valence-corrected chi connectivity index (χ4v) is 3.97. The van der Waals surface area contributed by atoms with Crippen LogP contribution in [0.3, 0.4) is 0 Å². The van der Waals surface area contributed by atoms with Crippen LogP contribution in [0.1, 0.15) is 11.5 Å². The predicted octanol–water partition coefficient (Wildman–Crippen LogP) is 1.67. The van der Waals surface area contributed by atoms with Gasteiger partial charge < -0.3 is 15.2 Å². The van der Waals surface area contributed by atoms with Crippen LogP contribution in [-0.4, -0.2) is 63.5 Å². The number of aliphatic hydroxyl groups is 1. The van der Waals surface area contributed by atoms with Crippen molar-refractivity contribution in [2.75, 3.05) is 33.6 Å². The van der Waals surface area contributed by atoms with Gasteiger partial charge in [0.2, 0.25) is 10.0 Å². The molecule has 1 saturated heterocycles. The van der Waals surface area contributed by atoms with Gasteiger partial charge in [0.1, 0.15) is 5.75 Å². The summed E-state index contributed by atoms with van der Waals surface area (Å²) in [7, 11) is -0.0108. The largest absolute Gasteiger partial charge is 0.497 e. The van der Waals surface area contributed by atoms with Crippen molar-refractivity contribution < 1.29 is 18.3 Å². The molecule has 0 aromatic heterocycles. The number of nitrogens with zero attached hydrogens (tertiary/aromatic N) is 1. The Morgan fingerprint density at radius 2 is 1.59 bits per heavy atom. The van der Waals surface area contributed by atoms with Crippen molar-refractivity contribution >= 4 is 10.0 Å². The van der Waals surface area contributed by atoms with E-state index in [9.17, 15) is 13.5 Å². The van der Waals surface area contributed by atoms with Crippen LogP contribution >= 0.6 is 0 Å². The van der Waals surface area contributed by atoms with Crippen LogP contribution in [0.4, 0.5) is 0 Å². The van der Waals surface area contributed by atoms with E-state index in [4.69, 9.17) is 4.74 Å². The molecule has 0 saturated carbocycles. The van der Waals surface area contributed by atoms with E-state index in [1.165, 1.54) is 10.6 Å². The summed E-state index contributed by atoms with van der Waals surface area (Å²) in [4.78, 5) is 0. The standard InChI is InChI=1S/C20H26N2O4S/c1-22(27(3,24)25)12-18-20(19(13-23)21-18)16-6-4-14(5-7-16)15-8-10-17(26-2)11-9-15/h4-11,18-21,23H,12-13H2,1-3H3/t18-,19+,20+/m0/s1. The number of sulfonamides is 1. The lowest BCUT2D eigenvalue weighted by Gasteiger charge is -2.47. The van der Waals surface area contributed by atoms with Crippen molar-refractivity contribution in [1.29, 1.82) is 0 Å². The molecule has 146 valence electrons. The van der Waals surface area contributed by atoms with E-state index in [1.807, 2.05) is 24.3 Å². The third kappa shape index (κ3) is 4.32. The first-order valence-corrected chi connectivity index (χ1v) is 10.7. The highest BCUT2D eigenvalue weighted by Gasteiger charge is 2.42. The smallest absolute Gasteiger partial charge is 0.211 e. The highest BCUT2D eigenvalue weighted by molar-refractivity contribution is 7.88. The van der Waals surface area contributed by atoms with Gasteiger partial charge in [0.05, 0.1) is 20.0 Å². The summed E-state index contributed by atoms with van der Waals surface area (Å²) in [6.45, 7) is 0.393. The van der Waals surface area contributed by atoms with Crippen LogP contribution in [0.2, 0.25) is 0 Å². The summed E-state index contributed by atoms with van der Waals surface area (Å²) in [5.41, 5.74) is 3.29. The minimum absolute atomic E-state index is 0.0178. The van der Waals surface area contributed by atoms with Crippen molar-refractivity contribution in [3.63, 3.8) is 0 Å². The van der Waals surface area contributed by atoms with Crippen LogP contribution in [0.15, 0.2) is 48.5 Å². The predicted molar refractivity (Wildman–Crippen MR) is 106 cm³/mol. The molecule has 3 rings (SSSR count). The molecule has 0 unspecified atom stereocenters. The Bertz CT molecular complexity index is 866. The van der Waals surface area contributed by atoms with Gasteiger partial charge in [0.25, 0.3) is 0 Å². The second-order valence-corrected chi connectivity index (χ2v) is 9.07. The molecule has 1 aliphatic rings. The van der Waals surface area contributed by atoms with Gasteiger partial charge in [-0.15, -0.1) is 0 Å². The van der Waals surface area contributed by atoms with Crippen LogP contribution < -0.4 is 10.1 Å². The molecule has 0 aliphatic carbocycles. The van der Waals surface area contributed by atoms with Crippen LogP contribution in [0, 0.1) is 0 Å². The number of hydrogen-bond acceptors (Lipinski definition) is 5. The summed E-state index contributed by atoms with van der Waals surface area (Å²) >= 11 is 0. The molecule has 2 N–H and O–H groups in total. The summed E-state index contributed by atoms with van der Waals surface area (Å²) in [5, 5.41) is 12.9. The number of likely N-dealkylation sites (N-methyl/N-ethyl adjacent to an activating group) is 1. The van der Waals surface area contributed by atoms with E-state index in [0.717, 1.165) is 22.4 Å². The lowest BCUT2D eigenvalue weighted by atomic mass is 9.77. The summed E-state index contributed by atoms with van der Waals surface area (Å²) in [6, 6.07) is 16.0. The maximum Gasteiger partial charge on any atom is 0.211 e. The third-order valence-electron chi connectivity index (χ3n) is 5.23. The zero-order valence-corrected chi connectivity index (χ0v) is 16.6. The fourth-order valence-electron chi connectivity index (χ4n) is 3.53. The lowest BCUT2D eigenvalue weighted by Crippen LogP contribution is -2.64. The van der Waals surface area contributed by atoms with E-state index < -0.39 is 10.0 Å². The number of hydrogen-bond donors (Lipinski definition) is 2. The maximum absolute atomic E-state index is 11.7. The molecular formula is C20H26N2O4S. The molecule has 0 amide bonds. The Balaban J connectivity index is 1.77. The van der Waals surface area contributed by atoms with E-state index in [2.05, 4.69) is 29.6 Å². The van der Waals surface area contributed by atoms with Gasteiger partial charge in [-0.1, -0.05) is 36.4 Å². The molecule has 1 aliphatic heterocycles. The third-order valence-corrected chi connectivity index (χ3v) is 6.51. The molecule has 7 heteroatoms. The Morgan fingerprint density at radius 3 is 2.07 bits per heavy atom. The summed E-state index contributed by atoms with van der Waals surface area (Å²) in [5.74, 6) is 0.892. The Morgan fingerprint density at radius 1 is 1.04 bits per heavy atom. The average Bonchev–Trinajstić information content (AvgIpc) is 2.64. The lowest BCUT2D eigenvalue weighted by molar-refractivity contribution is 0.118. The molecule has 1 fully saturated rings. The minimum Gasteiger partial charge on any atom is -0.497 e. The molecular weight excluding hydrogens is 364 g/mol. The zero-order chi connectivity index (χ0) is 19.6. The Hall–Kier alpha value is -1.93. The highest BCUT2D eigenvalue weighted by Crippen LogP contribution is 2.34. The second kappa shape index (κ2) is 7.98. The van der Waals surface area contributed by atoms with Crippen molar-refractivity contribution in [2.45, 2.75) is 18.0 Å². The normalized spacial score (nSPS) is 22.5. The number of ether oxygens (including phenoxy) is 1. The Labute approximate surface area is 160 Å². The van der Waals surface area contributed by atoms with Crippen molar-refractivity contribution in [2.24, 2.45) is 0 Å². The molecule has 27 heavy (non-hydrogen) atoms. The van der Waals surface area contributed by atoms with E-state index in [0.29, 0.717) is 6.54 Å². The zero-order valence-electron chi connectivity index (χ0n) is 15.8. The molecule has 0 bridgehead atoms. The first kappa shape index (κ1) is 19.8. The fraction of sp³-hybridized carbons (Fsp3) is 0.400. The number of benzene rings is 2. The minimum atomic E-state index is -3.23. The SMILES string of the molecule is COc1ccc(-c2ccc([C@@H]3[C@H](CN(C)S(C)(=O)=O)N[C@@H]3CO)cc2)cc1. The molecule has 0 spiro atoms. The van der Waals surface area contributed by atoms with Crippen LogP contribution in [-0.2, 0) is 10.0 Å². The topological polar surface area (TPSA) is 78.9 Å². The quantitative estimate of drug-likeness (QED) is 0.752. The Kier molecular flexibility index (Phi) is 5.86. The van der Waals surface area contributed by atoms with Gasteiger partial charge >= 0.3 is 0 Å². The first-order valence-electron chi connectivity index (χ1n) is 8.86. The van der Waals surface area contributed by atoms with Crippen LogP contribution in [0.5, 0.6) is 5.75 Å². The van der Waals surface area contributed by atoms with Gasteiger partial charge in [-0.2, -0.15) is 0 Å². The molecule has 2 aromatic carbocycles. The van der Waals surface area contributed by atoms with Gasteiger partial charge in [0.15, 0.2) is 0 Å². The molecule has 1 heterocycles. The van der Waals surface area contributed by atoms with Crippen molar-refractivity contribution in [1.82, 2.24) is 9.62 Å². The number of rotatable bonds is 7. The second-order valence-electron chi connectivity index (χ2n) is 6.98. The number of aliphatic hydroxyl groups excluding tert-OH is 1. The van der Waals surface area contributed by atoms with Gasteiger partial charge in [-0.25, -0.2) is 12.7 Å².